The highest BCUT2D eigenvalue weighted by Crippen LogP contribution is 2.59. The number of aromatic amines is 1. The van der Waals surface area contributed by atoms with Gasteiger partial charge in [-0.3, -0.25) is 19.6 Å². The van der Waals surface area contributed by atoms with E-state index in [2.05, 4.69) is 25.3 Å². The van der Waals surface area contributed by atoms with E-state index in [1.54, 1.807) is 12.1 Å². The van der Waals surface area contributed by atoms with E-state index < -0.39 is 65.6 Å². The minimum Gasteiger partial charge on any atom is -0.463 e. The first kappa shape index (κ1) is 36.9. The van der Waals surface area contributed by atoms with Crippen LogP contribution in [0.3, 0.4) is 0 Å². The molecule has 6 rings (SSSR count). The van der Waals surface area contributed by atoms with Crippen molar-refractivity contribution in [3.63, 3.8) is 0 Å². The normalized spacial score (nSPS) is 19.2. The Hall–Kier alpha value is -4.86. The maximum Gasteiger partial charge on any atom is 0.333 e. The van der Waals surface area contributed by atoms with Gasteiger partial charge in [-0.2, -0.15) is 19.0 Å². The van der Waals surface area contributed by atoms with E-state index in [0.29, 0.717) is 21.6 Å². The van der Waals surface area contributed by atoms with Gasteiger partial charge < -0.3 is 10.5 Å². The Morgan fingerprint density at radius 1 is 1.12 bits per heavy atom. The van der Waals surface area contributed by atoms with Gasteiger partial charge in [0, 0.05) is 28.3 Å². The lowest BCUT2D eigenvalue weighted by molar-refractivity contribution is -0.153. The first-order valence-corrected chi connectivity index (χ1v) is 16.7. The molecule has 2 aromatic heterocycles. The summed E-state index contributed by atoms with van der Waals surface area (Å²) in [4.78, 5) is 37.8. The predicted octanol–water partition coefficient (Wildman–Crippen LogP) is 7.42. The average molecular weight is 747 g/mol. The molecule has 0 unspecified atom stereocenters. The zero-order valence-electron chi connectivity index (χ0n) is 28.6. The summed E-state index contributed by atoms with van der Waals surface area (Å²) in [5.74, 6) is -5.62. The molecule has 1 amide bonds. The van der Waals surface area contributed by atoms with Crippen molar-refractivity contribution in [1.82, 2.24) is 29.9 Å². The topological polar surface area (TPSA) is 144 Å². The number of ether oxygens (including phenoxy) is 1. The summed E-state index contributed by atoms with van der Waals surface area (Å²) in [6.07, 6.45) is 3.26. The molecular formula is C35H36ClF5N8O3. The fourth-order valence-electron chi connectivity index (χ4n) is 6.69. The van der Waals surface area contributed by atoms with E-state index in [-0.39, 0.29) is 46.9 Å². The molecular weight excluding hydrogens is 711 g/mol. The van der Waals surface area contributed by atoms with Crippen LogP contribution in [-0.2, 0) is 19.9 Å². The fraction of sp³-hybridized carbons (Fsp3) is 0.429. The Kier molecular flexibility index (Phi) is 9.43. The van der Waals surface area contributed by atoms with Gasteiger partial charge in [-0.15, -0.1) is 0 Å². The molecule has 4 aromatic rings. The summed E-state index contributed by atoms with van der Waals surface area (Å²) in [6.45, 7) is 2.85. The van der Waals surface area contributed by atoms with Crippen molar-refractivity contribution in [2.45, 2.75) is 77.4 Å². The smallest absolute Gasteiger partial charge is 0.333 e. The van der Waals surface area contributed by atoms with E-state index in [1.165, 1.54) is 30.7 Å². The summed E-state index contributed by atoms with van der Waals surface area (Å²) < 4.78 is 77.3. The molecule has 0 radical (unpaired) electrons. The third-order valence-electron chi connectivity index (χ3n) is 9.49. The third kappa shape index (κ3) is 6.99. The summed E-state index contributed by atoms with van der Waals surface area (Å²) in [5.41, 5.74) is 3.55. The van der Waals surface area contributed by atoms with E-state index in [0.717, 1.165) is 24.1 Å². The SMILES string of the molecule is CC(C)(C)C[C@]1(c2ccc(-c3cnn(C(F)F)c3)cc2F)N=C(N)N([C@H](COC(=O)CC2(C(C)(F)F)CC2)c2ccc(Cl)c(-c3ncn[nH]3)c2)C1=O. The van der Waals surface area contributed by atoms with Gasteiger partial charge in [0.1, 0.15) is 18.8 Å². The van der Waals surface area contributed by atoms with E-state index >= 15 is 4.39 Å². The molecule has 1 aliphatic carbocycles. The van der Waals surface area contributed by atoms with Gasteiger partial charge in [0.15, 0.2) is 17.3 Å². The Morgan fingerprint density at radius 3 is 2.42 bits per heavy atom. The largest absolute Gasteiger partial charge is 0.463 e. The number of carbonyl (C=O) groups is 2. The average Bonchev–Trinajstić information content (AvgIpc) is 3.38. The number of carbonyl (C=O) groups excluding carboxylic acids is 2. The van der Waals surface area contributed by atoms with Crippen LogP contribution < -0.4 is 5.73 Å². The number of benzene rings is 2. The van der Waals surface area contributed by atoms with Crippen LogP contribution in [0.15, 0.2) is 60.1 Å². The quantitative estimate of drug-likeness (QED) is 0.113. The maximum absolute atomic E-state index is 16.3. The second-order valence-corrected chi connectivity index (χ2v) is 14.9. The molecule has 52 heavy (non-hydrogen) atoms. The fourth-order valence-corrected chi connectivity index (χ4v) is 6.89. The Bertz CT molecular complexity index is 2020. The van der Waals surface area contributed by atoms with Crippen molar-refractivity contribution in [2.75, 3.05) is 6.61 Å². The van der Waals surface area contributed by atoms with Crippen molar-refractivity contribution >= 4 is 29.4 Å². The number of hydrogen-bond donors (Lipinski definition) is 2. The number of H-pyrrole nitrogens is 1. The number of esters is 1. The van der Waals surface area contributed by atoms with Gasteiger partial charge in [0.25, 0.3) is 11.8 Å². The lowest BCUT2D eigenvalue weighted by Gasteiger charge is -2.35. The van der Waals surface area contributed by atoms with Crippen LogP contribution in [0.2, 0.25) is 5.02 Å². The highest BCUT2D eigenvalue weighted by molar-refractivity contribution is 6.33. The van der Waals surface area contributed by atoms with Crippen LogP contribution in [0.1, 0.15) is 77.1 Å². The van der Waals surface area contributed by atoms with Crippen molar-refractivity contribution in [3.8, 4) is 22.5 Å². The maximum atomic E-state index is 16.3. The molecule has 2 aromatic carbocycles. The van der Waals surface area contributed by atoms with Crippen LogP contribution in [-0.4, -0.2) is 60.2 Å². The molecule has 1 fully saturated rings. The standard InChI is InChI=1S/C35H36ClF5N8O3/c1-32(2,3)17-35(23-7-5-19(12-25(23)37)21-14-45-48(15-21)30(38)39)29(51)49(31(42)46-35)26(16-52-27(50)13-34(9-10-34)33(4,40)41)20-6-8-24(36)22(11-20)28-43-18-44-47-28/h5-8,11-12,14-15,18,26,30H,9-10,13,16-17H2,1-4H3,(H2,42,46)(H,43,44,47)/t26-,35-/m1/s1. The Morgan fingerprint density at radius 2 is 1.85 bits per heavy atom. The lowest BCUT2D eigenvalue weighted by atomic mass is 9.75. The van der Waals surface area contributed by atoms with Crippen LogP contribution >= 0.6 is 11.6 Å². The number of nitrogens with one attached hydrogen (secondary N) is 1. The molecule has 0 spiro atoms. The van der Waals surface area contributed by atoms with Crippen LogP contribution in [0.4, 0.5) is 22.0 Å². The third-order valence-corrected chi connectivity index (χ3v) is 9.82. The number of aliphatic imine (C=N–C) groups is 1. The van der Waals surface area contributed by atoms with E-state index in [4.69, 9.17) is 22.1 Å². The molecule has 3 N–H and O–H groups in total. The molecule has 2 aliphatic rings. The van der Waals surface area contributed by atoms with Crippen LogP contribution in [0.25, 0.3) is 22.5 Å². The highest BCUT2D eigenvalue weighted by Gasteiger charge is 2.60. The number of nitrogens with two attached hydrogens (primary N) is 1. The molecule has 0 saturated heterocycles. The van der Waals surface area contributed by atoms with Crippen LogP contribution in [0.5, 0.6) is 0 Å². The predicted molar refractivity (Wildman–Crippen MR) is 181 cm³/mol. The molecule has 17 heteroatoms. The molecule has 276 valence electrons. The van der Waals surface area contributed by atoms with Crippen molar-refractivity contribution in [3.05, 3.63) is 77.1 Å². The van der Waals surface area contributed by atoms with Crippen molar-refractivity contribution in [1.29, 1.82) is 0 Å². The van der Waals surface area contributed by atoms with Crippen LogP contribution in [0, 0.1) is 16.6 Å². The molecule has 3 heterocycles. The number of alkyl halides is 4. The van der Waals surface area contributed by atoms with Gasteiger partial charge in [-0.05, 0) is 60.9 Å². The van der Waals surface area contributed by atoms with Gasteiger partial charge in [-0.1, -0.05) is 50.6 Å². The van der Waals surface area contributed by atoms with Crippen molar-refractivity contribution < 1.29 is 36.3 Å². The van der Waals surface area contributed by atoms with Gasteiger partial charge >= 0.3 is 12.5 Å². The summed E-state index contributed by atoms with van der Waals surface area (Å²) >= 11 is 6.49. The van der Waals surface area contributed by atoms with Gasteiger partial charge in [0.2, 0.25) is 0 Å². The molecule has 11 nitrogen and oxygen atoms in total. The lowest BCUT2D eigenvalue weighted by Crippen LogP contribution is -2.47. The number of hydrogen-bond acceptors (Lipinski definition) is 8. The molecule has 1 saturated carbocycles. The van der Waals surface area contributed by atoms with Gasteiger partial charge in [-0.25, -0.2) is 27.8 Å². The zero-order valence-corrected chi connectivity index (χ0v) is 29.4. The minimum absolute atomic E-state index is 0.0276. The Labute approximate surface area is 300 Å². The second-order valence-electron chi connectivity index (χ2n) is 14.5. The van der Waals surface area contributed by atoms with Gasteiger partial charge in [0.05, 0.1) is 23.7 Å². The molecule has 2 atom stereocenters. The first-order valence-electron chi connectivity index (χ1n) is 16.3. The number of amides is 1. The second kappa shape index (κ2) is 13.3. The number of guanidine groups is 1. The number of aromatic nitrogens is 5. The minimum atomic E-state index is -3.11. The summed E-state index contributed by atoms with van der Waals surface area (Å²) in [7, 11) is 0. The van der Waals surface area contributed by atoms with E-state index in [1.807, 2.05) is 20.8 Å². The number of halogens is 6. The molecule has 0 bridgehead atoms. The number of rotatable bonds is 12. The van der Waals surface area contributed by atoms with Crippen molar-refractivity contribution in [2.24, 2.45) is 21.6 Å². The summed E-state index contributed by atoms with van der Waals surface area (Å²) in [6, 6.07) is 7.44. The van der Waals surface area contributed by atoms with E-state index in [9.17, 15) is 27.2 Å². The number of nitrogens with zero attached hydrogens (tertiary/aromatic N) is 6. The molecule has 1 aliphatic heterocycles. The Balaban J connectivity index is 1.40. The zero-order chi connectivity index (χ0) is 37.8. The summed E-state index contributed by atoms with van der Waals surface area (Å²) in [5, 5.41) is 10.5. The monoisotopic (exact) mass is 746 g/mol. The first-order chi connectivity index (χ1) is 24.3. The highest BCUT2D eigenvalue weighted by atomic mass is 35.5.